The minimum absolute atomic E-state index is 0.116. The third-order valence-electron chi connectivity index (χ3n) is 3.49. The van der Waals surface area contributed by atoms with Crippen LogP contribution >= 0.6 is 0 Å². The van der Waals surface area contributed by atoms with Crippen molar-refractivity contribution < 1.29 is 22.7 Å². The number of benzene rings is 1. The van der Waals surface area contributed by atoms with Crippen molar-refractivity contribution in [2.24, 2.45) is 5.41 Å². The topological polar surface area (TPSA) is 39.2 Å². The Kier molecular flexibility index (Phi) is 5.31. The molecule has 138 valence electrons. The van der Waals surface area contributed by atoms with E-state index >= 15 is 0 Å². The molecule has 0 unspecified atom stereocenters. The van der Waals surface area contributed by atoms with Gasteiger partial charge in [-0.05, 0) is 58.4 Å². The Morgan fingerprint density at radius 2 is 1.85 bits per heavy atom. The van der Waals surface area contributed by atoms with Crippen LogP contribution in [-0.2, 0) is 10.9 Å². The van der Waals surface area contributed by atoms with E-state index in [2.05, 4.69) is 16.8 Å². The van der Waals surface area contributed by atoms with Gasteiger partial charge >= 0.3 is 12.1 Å². The number of esters is 1. The van der Waals surface area contributed by atoms with Crippen molar-refractivity contribution in [2.75, 3.05) is 6.61 Å². The fourth-order valence-corrected chi connectivity index (χ4v) is 2.35. The molecule has 3 nitrogen and oxygen atoms in total. The van der Waals surface area contributed by atoms with Gasteiger partial charge in [-0.15, -0.1) is 0 Å². The maximum absolute atomic E-state index is 13.6. The highest BCUT2D eigenvalue weighted by atomic mass is 19.4. The van der Waals surface area contributed by atoms with Gasteiger partial charge in [-0.3, -0.25) is 0 Å². The molecule has 2 aromatic rings. The van der Waals surface area contributed by atoms with Gasteiger partial charge < -0.3 is 4.74 Å². The number of hydrogen-bond acceptors (Lipinski definition) is 3. The summed E-state index contributed by atoms with van der Waals surface area (Å²) < 4.78 is 45.6. The molecule has 0 spiro atoms. The molecule has 0 radical (unpaired) electrons. The quantitative estimate of drug-likeness (QED) is 0.548. The number of halogens is 3. The predicted molar refractivity (Wildman–Crippen MR) is 93.8 cm³/mol. The minimum Gasteiger partial charge on any atom is -0.461 e. The first-order chi connectivity index (χ1) is 11.9. The van der Waals surface area contributed by atoms with Crippen molar-refractivity contribution in [1.29, 1.82) is 0 Å². The predicted octanol–water partition coefficient (Wildman–Crippen LogP) is 5.14. The average Bonchev–Trinajstić information content (AvgIpc) is 2.51. The molecular weight excluding hydrogens is 343 g/mol. The molecule has 26 heavy (non-hydrogen) atoms. The van der Waals surface area contributed by atoms with Gasteiger partial charge in [0, 0.05) is 16.4 Å². The molecule has 1 aromatic heterocycles. The molecule has 0 N–H and O–H groups in total. The summed E-state index contributed by atoms with van der Waals surface area (Å²) in [5, 5.41) is 0.311. The van der Waals surface area contributed by atoms with E-state index in [1.807, 2.05) is 20.8 Å². The Labute approximate surface area is 150 Å². The first kappa shape index (κ1) is 19.8. The maximum Gasteiger partial charge on any atom is 0.418 e. The van der Waals surface area contributed by atoms with E-state index in [1.54, 1.807) is 19.9 Å². The highest BCUT2D eigenvalue weighted by Gasteiger charge is 2.34. The van der Waals surface area contributed by atoms with Crippen molar-refractivity contribution in [3.63, 3.8) is 0 Å². The molecule has 2 rings (SSSR count). The Hall–Kier alpha value is -2.55. The number of ether oxygens (including phenoxy) is 1. The van der Waals surface area contributed by atoms with E-state index in [9.17, 15) is 18.0 Å². The van der Waals surface area contributed by atoms with Gasteiger partial charge in [0.1, 0.15) is 5.69 Å². The lowest BCUT2D eigenvalue weighted by molar-refractivity contribution is -0.136. The molecule has 0 aliphatic heterocycles. The van der Waals surface area contributed by atoms with Gasteiger partial charge in [-0.2, -0.15) is 13.2 Å². The number of carbonyl (C=O) groups is 1. The van der Waals surface area contributed by atoms with Crippen molar-refractivity contribution in [3.05, 3.63) is 40.6 Å². The number of alkyl halides is 3. The molecule has 6 heteroatoms. The monoisotopic (exact) mass is 363 g/mol. The maximum atomic E-state index is 13.6. The number of carbonyl (C=O) groups excluding carboxylic acids is 1. The van der Waals surface area contributed by atoms with E-state index in [-0.39, 0.29) is 28.8 Å². The molecule has 0 bridgehead atoms. The van der Waals surface area contributed by atoms with E-state index in [1.165, 1.54) is 6.07 Å². The third kappa shape index (κ3) is 4.54. The number of aromatic nitrogens is 1. The number of fused-ring (bicyclic) bond motifs is 1. The second-order valence-corrected chi connectivity index (χ2v) is 6.96. The van der Waals surface area contributed by atoms with E-state index in [4.69, 9.17) is 4.74 Å². The summed E-state index contributed by atoms with van der Waals surface area (Å²) in [6.45, 7) is 9.00. The molecule has 1 aromatic carbocycles. The van der Waals surface area contributed by atoms with Gasteiger partial charge in [0.05, 0.1) is 17.7 Å². The van der Waals surface area contributed by atoms with Crippen molar-refractivity contribution >= 4 is 16.9 Å². The van der Waals surface area contributed by atoms with Crippen LogP contribution in [0.4, 0.5) is 13.2 Å². The lowest BCUT2D eigenvalue weighted by Crippen LogP contribution is -2.12. The molecule has 0 fully saturated rings. The van der Waals surface area contributed by atoms with Crippen molar-refractivity contribution in [2.45, 2.75) is 40.8 Å². The smallest absolute Gasteiger partial charge is 0.418 e. The van der Waals surface area contributed by atoms with Gasteiger partial charge in [-0.1, -0.05) is 11.8 Å². The number of aryl methyl sites for hydroxylation is 1. The Morgan fingerprint density at radius 3 is 2.38 bits per heavy atom. The van der Waals surface area contributed by atoms with Crippen molar-refractivity contribution in [1.82, 2.24) is 4.98 Å². The number of hydrogen-bond donors (Lipinski definition) is 0. The Bertz CT molecular complexity index is 913. The van der Waals surface area contributed by atoms with Gasteiger partial charge in [0.15, 0.2) is 0 Å². The van der Waals surface area contributed by atoms with E-state index < -0.39 is 17.7 Å². The van der Waals surface area contributed by atoms with Crippen molar-refractivity contribution in [3.8, 4) is 11.8 Å². The molecular formula is C20H20F3NO2. The molecule has 0 saturated heterocycles. The summed E-state index contributed by atoms with van der Waals surface area (Å²) in [5.41, 5.74) is -0.911. The Balaban J connectivity index is 2.77. The fraction of sp³-hybridized carbons (Fsp3) is 0.400. The first-order valence-electron chi connectivity index (χ1n) is 8.15. The zero-order valence-electron chi connectivity index (χ0n) is 15.3. The first-order valence-corrected chi connectivity index (χ1v) is 8.15. The SMILES string of the molecule is CCOC(=O)c1cc(C)c2cc(C#CC(C)(C)C)cc(C(F)(F)F)c2n1. The molecule has 0 saturated carbocycles. The van der Waals surface area contributed by atoms with E-state index in [0.717, 1.165) is 6.07 Å². The lowest BCUT2D eigenvalue weighted by Gasteiger charge is -2.14. The average molecular weight is 363 g/mol. The molecule has 0 aliphatic carbocycles. The van der Waals surface area contributed by atoms with Gasteiger partial charge in [0.25, 0.3) is 0 Å². The minimum atomic E-state index is -4.62. The summed E-state index contributed by atoms with van der Waals surface area (Å²) >= 11 is 0. The molecule has 0 aliphatic rings. The van der Waals surface area contributed by atoms with Crippen LogP contribution in [0.25, 0.3) is 10.9 Å². The zero-order chi connectivity index (χ0) is 19.7. The number of nitrogens with zero attached hydrogens (tertiary/aromatic N) is 1. The van der Waals surface area contributed by atoms with Crippen LogP contribution in [0.3, 0.4) is 0 Å². The van der Waals surface area contributed by atoms with Gasteiger partial charge in [-0.25, -0.2) is 9.78 Å². The van der Waals surface area contributed by atoms with Crippen LogP contribution in [-0.4, -0.2) is 17.6 Å². The fourth-order valence-electron chi connectivity index (χ4n) is 2.35. The second kappa shape index (κ2) is 6.99. The zero-order valence-corrected chi connectivity index (χ0v) is 15.3. The van der Waals surface area contributed by atoms with Crippen LogP contribution in [0.5, 0.6) is 0 Å². The molecule has 0 atom stereocenters. The molecule has 0 amide bonds. The summed E-state index contributed by atoms with van der Waals surface area (Å²) in [4.78, 5) is 15.8. The van der Waals surface area contributed by atoms with Crippen LogP contribution < -0.4 is 0 Å². The largest absolute Gasteiger partial charge is 0.461 e. The summed E-state index contributed by atoms with van der Waals surface area (Å²) in [5.74, 6) is 4.99. The highest BCUT2D eigenvalue weighted by molar-refractivity contribution is 5.94. The van der Waals surface area contributed by atoms with Crippen LogP contribution in [0.15, 0.2) is 18.2 Å². The Morgan fingerprint density at radius 1 is 1.19 bits per heavy atom. The summed E-state index contributed by atoms with van der Waals surface area (Å²) in [7, 11) is 0. The second-order valence-electron chi connectivity index (χ2n) is 6.96. The summed E-state index contributed by atoms with van der Waals surface area (Å²) in [6, 6.07) is 3.98. The lowest BCUT2D eigenvalue weighted by atomic mass is 9.96. The van der Waals surface area contributed by atoms with E-state index in [0.29, 0.717) is 10.9 Å². The normalized spacial score (nSPS) is 11.8. The van der Waals surface area contributed by atoms with Crippen LogP contribution in [0.1, 0.15) is 54.9 Å². The summed E-state index contributed by atoms with van der Waals surface area (Å²) in [6.07, 6.45) is -4.62. The van der Waals surface area contributed by atoms with Gasteiger partial charge in [0.2, 0.25) is 0 Å². The third-order valence-corrected chi connectivity index (χ3v) is 3.49. The standard InChI is InChI=1S/C20H20F3NO2/c1-6-26-18(25)16-9-12(2)14-10-13(7-8-19(3,4)5)11-15(17(14)24-16)20(21,22)23/h9-11H,6H2,1-5H3. The van der Waals surface area contributed by atoms with Crippen LogP contribution in [0, 0.1) is 24.2 Å². The highest BCUT2D eigenvalue weighted by Crippen LogP contribution is 2.36. The van der Waals surface area contributed by atoms with Crippen LogP contribution in [0.2, 0.25) is 0 Å². The molecule has 1 heterocycles. The number of pyridine rings is 1. The number of rotatable bonds is 2.